The van der Waals surface area contributed by atoms with Gasteiger partial charge in [-0.3, -0.25) is 9.78 Å². The van der Waals surface area contributed by atoms with E-state index in [-0.39, 0.29) is 51.5 Å². The van der Waals surface area contributed by atoms with Gasteiger partial charge in [0.05, 0.1) is 35.4 Å². The quantitative estimate of drug-likeness (QED) is 0.429. The molecular weight excluding hydrogens is 457 g/mol. The highest BCUT2D eigenvalue weighted by Gasteiger charge is 2.23. The number of Topliss-reactive ketones (excluding diaryl/α,β-unsaturated/α-hetero) is 1. The molecule has 3 rings (SSSR count). The molecule has 32 heavy (non-hydrogen) atoms. The number of carbonyl (C=O) groups excluding carboxylic acids is 1. The number of carboxylic acid groups (broad SMARTS) is 1. The molecule has 0 amide bonds. The number of methoxy groups -OCH3 is 2. The van der Waals surface area contributed by atoms with Gasteiger partial charge in [-0.1, -0.05) is 35.3 Å². The van der Waals surface area contributed by atoms with Gasteiger partial charge in [-0.15, -0.1) is 0 Å². The molecule has 3 aromatic rings. The summed E-state index contributed by atoms with van der Waals surface area (Å²) in [6.07, 6.45) is 2.75. The van der Waals surface area contributed by atoms with Crippen LogP contribution in [0, 0.1) is 0 Å². The predicted octanol–water partition coefficient (Wildman–Crippen LogP) is 5.11. The zero-order valence-corrected chi connectivity index (χ0v) is 18.7. The molecule has 1 N–H and O–H groups in total. The average Bonchev–Trinajstić information content (AvgIpc) is 2.79. The molecule has 0 saturated carbocycles. The Labute approximate surface area is 194 Å². The lowest BCUT2D eigenvalue weighted by Crippen LogP contribution is -2.10. The molecule has 0 fully saturated rings. The first-order valence-corrected chi connectivity index (χ1v) is 10.1. The second kappa shape index (κ2) is 10.3. The summed E-state index contributed by atoms with van der Waals surface area (Å²) in [6.45, 7) is 0.00168. The molecular formula is C23H19Cl2NO6. The molecule has 2 aromatic carbocycles. The zero-order valence-electron chi connectivity index (χ0n) is 17.2. The molecule has 166 valence electrons. The number of pyridine rings is 1. The summed E-state index contributed by atoms with van der Waals surface area (Å²) in [6, 6.07) is 9.47. The highest BCUT2D eigenvalue weighted by molar-refractivity contribution is 6.36. The molecule has 1 heterocycles. The Morgan fingerprint density at radius 1 is 1.00 bits per heavy atom. The Kier molecular flexibility index (Phi) is 7.56. The van der Waals surface area contributed by atoms with Crippen LogP contribution in [0.2, 0.25) is 10.0 Å². The van der Waals surface area contributed by atoms with Gasteiger partial charge in [-0.25, -0.2) is 4.79 Å². The highest BCUT2D eigenvalue weighted by atomic mass is 35.5. The maximum absolute atomic E-state index is 13.2. The summed E-state index contributed by atoms with van der Waals surface area (Å²) < 4.78 is 16.7. The number of hydrogen-bond donors (Lipinski definition) is 1. The lowest BCUT2D eigenvalue weighted by molar-refractivity contribution is 0.0696. The van der Waals surface area contributed by atoms with Gasteiger partial charge in [0.15, 0.2) is 17.3 Å². The van der Waals surface area contributed by atoms with E-state index in [4.69, 9.17) is 37.4 Å². The molecule has 0 atom stereocenters. The molecule has 9 heteroatoms. The number of ketones is 1. The average molecular weight is 476 g/mol. The minimum atomic E-state index is -1.05. The van der Waals surface area contributed by atoms with Crippen LogP contribution in [0.5, 0.6) is 17.2 Å². The third-order valence-corrected chi connectivity index (χ3v) is 5.30. The topological polar surface area (TPSA) is 95.0 Å². The van der Waals surface area contributed by atoms with Crippen LogP contribution in [-0.2, 0) is 13.0 Å². The van der Waals surface area contributed by atoms with Gasteiger partial charge in [-0.2, -0.15) is 0 Å². The molecule has 1 aromatic heterocycles. The number of rotatable bonds is 9. The molecule has 0 saturated heterocycles. The largest absolute Gasteiger partial charge is 0.493 e. The van der Waals surface area contributed by atoms with Gasteiger partial charge in [0.1, 0.15) is 6.61 Å². The fourth-order valence-corrected chi connectivity index (χ4v) is 3.57. The zero-order chi connectivity index (χ0) is 23.3. The normalized spacial score (nSPS) is 10.5. The van der Waals surface area contributed by atoms with Crippen molar-refractivity contribution in [3.8, 4) is 17.2 Å². The minimum Gasteiger partial charge on any atom is -0.493 e. The first kappa shape index (κ1) is 23.4. The number of nitrogens with zero attached hydrogens (tertiary/aromatic N) is 1. The van der Waals surface area contributed by atoms with Crippen LogP contribution in [0.25, 0.3) is 0 Å². The van der Waals surface area contributed by atoms with Crippen LogP contribution in [0.4, 0.5) is 0 Å². The van der Waals surface area contributed by atoms with Crippen molar-refractivity contribution < 1.29 is 28.9 Å². The number of carbonyl (C=O) groups is 2. The Balaban J connectivity index is 1.97. The summed E-state index contributed by atoms with van der Waals surface area (Å²) in [5.41, 5.74) is 1.42. The van der Waals surface area contributed by atoms with E-state index in [2.05, 4.69) is 4.98 Å². The molecule has 0 bridgehead atoms. The smallest absolute Gasteiger partial charge is 0.335 e. The van der Waals surface area contributed by atoms with E-state index >= 15 is 0 Å². The first-order valence-electron chi connectivity index (χ1n) is 9.36. The van der Waals surface area contributed by atoms with E-state index in [1.54, 1.807) is 24.3 Å². The summed E-state index contributed by atoms with van der Waals surface area (Å²) in [5, 5.41) is 9.75. The monoisotopic (exact) mass is 475 g/mol. The van der Waals surface area contributed by atoms with Gasteiger partial charge in [-0.05, 0) is 29.8 Å². The summed E-state index contributed by atoms with van der Waals surface area (Å²) in [4.78, 5) is 28.3. The van der Waals surface area contributed by atoms with Crippen molar-refractivity contribution in [1.82, 2.24) is 4.98 Å². The van der Waals surface area contributed by atoms with Crippen molar-refractivity contribution >= 4 is 35.0 Å². The number of hydrogen-bond acceptors (Lipinski definition) is 6. The van der Waals surface area contributed by atoms with Gasteiger partial charge >= 0.3 is 5.97 Å². The number of benzene rings is 2. The van der Waals surface area contributed by atoms with Gasteiger partial charge in [0, 0.05) is 24.4 Å². The predicted molar refractivity (Wildman–Crippen MR) is 120 cm³/mol. The lowest BCUT2D eigenvalue weighted by atomic mass is 10.0. The minimum absolute atomic E-state index is 0.00168. The number of aromatic carboxylic acids is 1. The van der Waals surface area contributed by atoms with E-state index in [1.807, 2.05) is 0 Å². The second-order valence-electron chi connectivity index (χ2n) is 6.65. The van der Waals surface area contributed by atoms with E-state index in [0.717, 1.165) is 0 Å². The van der Waals surface area contributed by atoms with Crippen molar-refractivity contribution in [3.63, 3.8) is 0 Å². The van der Waals surface area contributed by atoms with Crippen LogP contribution in [0.3, 0.4) is 0 Å². The van der Waals surface area contributed by atoms with Crippen LogP contribution >= 0.6 is 23.2 Å². The van der Waals surface area contributed by atoms with Crippen LogP contribution < -0.4 is 14.2 Å². The van der Waals surface area contributed by atoms with Crippen LogP contribution in [-0.4, -0.2) is 36.1 Å². The van der Waals surface area contributed by atoms with Crippen LogP contribution in [0.1, 0.15) is 31.8 Å². The summed E-state index contributed by atoms with van der Waals surface area (Å²) >= 11 is 12.3. The maximum Gasteiger partial charge on any atom is 0.335 e. The fourth-order valence-electron chi connectivity index (χ4n) is 3.07. The first-order chi connectivity index (χ1) is 15.3. The van der Waals surface area contributed by atoms with Crippen LogP contribution in [0.15, 0.2) is 48.8 Å². The van der Waals surface area contributed by atoms with Crippen molar-refractivity contribution in [1.29, 1.82) is 0 Å². The summed E-state index contributed by atoms with van der Waals surface area (Å²) in [5.74, 6) is -0.583. The third kappa shape index (κ3) is 5.12. The van der Waals surface area contributed by atoms with Crippen molar-refractivity contribution in [2.45, 2.75) is 13.0 Å². The molecule has 0 aliphatic heterocycles. The fraction of sp³-hybridized carbons (Fsp3) is 0.174. The van der Waals surface area contributed by atoms with Gasteiger partial charge < -0.3 is 19.3 Å². The van der Waals surface area contributed by atoms with Gasteiger partial charge in [0.25, 0.3) is 0 Å². The van der Waals surface area contributed by atoms with Crippen molar-refractivity contribution in [2.24, 2.45) is 0 Å². The molecule has 0 radical (unpaired) electrons. The van der Waals surface area contributed by atoms with Crippen molar-refractivity contribution in [2.75, 3.05) is 14.2 Å². The lowest BCUT2D eigenvalue weighted by Gasteiger charge is -2.17. The Bertz CT molecular complexity index is 1140. The molecule has 0 unspecified atom stereocenters. The molecule has 7 nitrogen and oxygen atoms in total. The standard InChI is InChI=1S/C23H19Cl2NO6/c1-30-20-7-6-15(19(27)9-16-17(24)10-26-11-18(16)25)21(22(20)31-2)32-12-13-4-3-5-14(8-13)23(28)29/h3-8,10-11H,9,12H2,1-2H3,(H,28,29). The Hall–Kier alpha value is -3.29. The van der Waals surface area contributed by atoms with E-state index in [0.29, 0.717) is 16.9 Å². The SMILES string of the molecule is COc1ccc(C(=O)Cc2c(Cl)cncc2Cl)c(OCc2cccc(C(=O)O)c2)c1OC. The van der Waals surface area contributed by atoms with E-state index in [9.17, 15) is 14.7 Å². The molecule has 0 aliphatic carbocycles. The number of ether oxygens (including phenoxy) is 3. The second-order valence-corrected chi connectivity index (χ2v) is 7.47. The Morgan fingerprint density at radius 3 is 2.34 bits per heavy atom. The number of halogens is 2. The maximum atomic E-state index is 13.2. The van der Waals surface area contributed by atoms with E-state index in [1.165, 1.54) is 38.7 Å². The number of aromatic nitrogens is 1. The molecule has 0 spiro atoms. The van der Waals surface area contributed by atoms with E-state index < -0.39 is 5.97 Å². The Morgan fingerprint density at radius 2 is 1.72 bits per heavy atom. The third-order valence-electron chi connectivity index (χ3n) is 4.65. The van der Waals surface area contributed by atoms with Gasteiger partial charge in [0.2, 0.25) is 5.75 Å². The summed E-state index contributed by atoms with van der Waals surface area (Å²) in [7, 11) is 2.90. The highest BCUT2D eigenvalue weighted by Crippen LogP contribution is 2.41. The van der Waals surface area contributed by atoms with Crippen molar-refractivity contribution in [3.05, 3.63) is 81.1 Å². The molecule has 0 aliphatic rings. The number of carboxylic acids is 1.